The maximum atomic E-state index is 11.7. The second kappa shape index (κ2) is 7.97. The van der Waals surface area contributed by atoms with Gasteiger partial charge in [0.2, 0.25) is 0 Å². The van der Waals surface area contributed by atoms with Crippen LogP contribution >= 0.6 is 15.9 Å². The highest BCUT2D eigenvalue weighted by Gasteiger charge is 2.06. The highest BCUT2D eigenvalue weighted by atomic mass is 79.9. The van der Waals surface area contributed by atoms with Gasteiger partial charge in [0.05, 0.1) is 5.69 Å². The first-order valence-electron chi connectivity index (χ1n) is 7.21. The topological polar surface area (TPSA) is 53.4 Å². The van der Waals surface area contributed by atoms with E-state index in [4.69, 9.17) is 9.47 Å². The van der Waals surface area contributed by atoms with E-state index in [1.165, 1.54) is 6.08 Å². The number of ether oxygens (including phenoxy) is 2. The first-order chi connectivity index (χ1) is 11.0. The van der Waals surface area contributed by atoms with Gasteiger partial charge in [-0.1, -0.05) is 22.0 Å². The van der Waals surface area contributed by atoms with Crippen LogP contribution in [0.1, 0.15) is 17.0 Å². The van der Waals surface area contributed by atoms with Crippen LogP contribution in [-0.4, -0.2) is 29.0 Å². The standard InChI is InChI=1S/C17H19BrN2O3/c1-12-16(13(2)20(3)19-12)7-8-17(21)23-10-9-22-15-6-4-5-14(18)11-15/h4-8,11H,9-10H2,1-3H3/b8-7+. The van der Waals surface area contributed by atoms with Crippen LogP contribution in [0.4, 0.5) is 0 Å². The van der Waals surface area contributed by atoms with Crippen molar-refractivity contribution in [2.24, 2.45) is 7.05 Å². The van der Waals surface area contributed by atoms with Crippen molar-refractivity contribution in [1.82, 2.24) is 9.78 Å². The SMILES string of the molecule is Cc1nn(C)c(C)c1/C=C/C(=O)OCCOc1cccc(Br)c1. The van der Waals surface area contributed by atoms with Crippen molar-refractivity contribution < 1.29 is 14.3 Å². The largest absolute Gasteiger partial charge is 0.490 e. The van der Waals surface area contributed by atoms with Gasteiger partial charge in [0.1, 0.15) is 19.0 Å². The summed E-state index contributed by atoms with van der Waals surface area (Å²) in [4.78, 5) is 11.7. The van der Waals surface area contributed by atoms with E-state index in [2.05, 4.69) is 21.0 Å². The minimum absolute atomic E-state index is 0.195. The molecule has 1 heterocycles. The number of hydrogen-bond acceptors (Lipinski definition) is 4. The van der Waals surface area contributed by atoms with Gasteiger partial charge in [-0.2, -0.15) is 5.10 Å². The van der Waals surface area contributed by atoms with E-state index in [0.29, 0.717) is 6.61 Å². The number of nitrogens with zero attached hydrogens (tertiary/aromatic N) is 2. The summed E-state index contributed by atoms with van der Waals surface area (Å²) in [6, 6.07) is 7.50. The molecule has 0 aliphatic rings. The van der Waals surface area contributed by atoms with Gasteiger partial charge in [-0.15, -0.1) is 0 Å². The van der Waals surface area contributed by atoms with E-state index in [9.17, 15) is 4.79 Å². The molecule has 0 saturated heterocycles. The summed E-state index contributed by atoms with van der Waals surface area (Å²) in [5, 5.41) is 4.29. The lowest BCUT2D eigenvalue weighted by molar-refractivity contribution is -0.138. The highest BCUT2D eigenvalue weighted by molar-refractivity contribution is 9.10. The van der Waals surface area contributed by atoms with Gasteiger partial charge in [0.25, 0.3) is 0 Å². The molecule has 122 valence electrons. The third-order valence-electron chi connectivity index (χ3n) is 3.34. The predicted molar refractivity (Wildman–Crippen MR) is 92.3 cm³/mol. The minimum Gasteiger partial charge on any atom is -0.490 e. The maximum absolute atomic E-state index is 11.7. The molecule has 0 unspecified atom stereocenters. The number of carbonyl (C=O) groups excluding carboxylic acids is 1. The minimum atomic E-state index is -0.398. The van der Waals surface area contributed by atoms with Gasteiger partial charge >= 0.3 is 5.97 Å². The lowest BCUT2D eigenvalue weighted by Gasteiger charge is -2.06. The van der Waals surface area contributed by atoms with Gasteiger partial charge in [-0.3, -0.25) is 4.68 Å². The summed E-state index contributed by atoms with van der Waals surface area (Å²) in [6.45, 7) is 4.36. The average molecular weight is 379 g/mol. The fraction of sp³-hybridized carbons (Fsp3) is 0.294. The smallest absolute Gasteiger partial charge is 0.330 e. The number of esters is 1. The molecular formula is C17H19BrN2O3. The van der Waals surface area contributed by atoms with Gasteiger partial charge < -0.3 is 9.47 Å². The Kier molecular flexibility index (Phi) is 5.98. The molecule has 0 bridgehead atoms. The summed E-state index contributed by atoms with van der Waals surface area (Å²) in [7, 11) is 1.87. The molecule has 0 atom stereocenters. The predicted octanol–water partition coefficient (Wildman–Crippen LogP) is 3.43. The molecule has 2 rings (SSSR count). The Morgan fingerprint density at radius 2 is 2.13 bits per heavy atom. The Bertz CT molecular complexity index is 723. The Balaban J connectivity index is 1.78. The number of carbonyl (C=O) groups is 1. The van der Waals surface area contributed by atoms with Gasteiger partial charge in [0.15, 0.2) is 0 Å². The molecule has 0 radical (unpaired) electrons. The molecule has 0 saturated carbocycles. The van der Waals surface area contributed by atoms with Crippen LogP contribution < -0.4 is 4.74 Å². The van der Waals surface area contributed by atoms with Crippen LogP contribution in [0.15, 0.2) is 34.8 Å². The zero-order valence-corrected chi connectivity index (χ0v) is 15.0. The molecule has 1 aromatic carbocycles. The number of benzene rings is 1. The van der Waals surface area contributed by atoms with E-state index in [0.717, 1.165) is 27.2 Å². The molecule has 0 aliphatic heterocycles. The third-order valence-corrected chi connectivity index (χ3v) is 3.84. The van der Waals surface area contributed by atoms with Crippen molar-refractivity contribution in [2.75, 3.05) is 13.2 Å². The quantitative estimate of drug-likeness (QED) is 0.438. The fourth-order valence-corrected chi connectivity index (χ4v) is 2.47. The Labute approximate surface area is 144 Å². The Hall–Kier alpha value is -2.08. The number of rotatable bonds is 6. The summed E-state index contributed by atoms with van der Waals surface area (Å²) in [6.07, 6.45) is 3.14. The summed E-state index contributed by atoms with van der Waals surface area (Å²) in [5.41, 5.74) is 2.83. The van der Waals surface area contributed by atoms with Crippen LogP contribution in [0, 0.1) is 13.8 Å². The van der Waals surface area contributed by atoms with E-state index in [-0.39, 0.29) is 6.61 Å². The van der Waals surface area contributed by atoms with Crippen LogP contribution in [-0.2, 0) is 16.6 Å². The second-order valence-electron chi connectivity index (χ2n) is 5.01. The Morgan fingerprint density at radius 1 is 1.35 bits per heavy atom. The van der Waals surface area contributed by atoms with Gasteiger partial charge in [-0.25, -0.2) is 4.79 Å². The molecular weight excluding hydrogens is 360 g/mol. The average Bonchev–Trinajstić information content (AvgIpc) is 2.75. The van der Waals surface area contributed by atoms with Crippen molar-refractivity contribution >= 4 is 28.0 Å². The third kappa shape index (κ3) is 4.96. The summed E-state index contributed by atoms with van der Waals surface area (Å²) in [5.74, 6) is 0.332. The lowest BCUT2D eigenvalue weighted by atomic mass is 10.2. The molecule has 1 aromatic heterocycles. The van der Waals surface area contributed by atoms with Crippen LogP contribution in [0.5, 0.6) is 5.75 Å². The van der Waals surface area contributed by atoms with Crippen molar-refractivity contribution in [3.8, 4) is 5.75 Å². The van der Waals surface area contributed by atoms with Crippen molar-refractivity contribution in [3.05, 3.63) is 51.8 Å². The van der Waals surface area contributed by atoms with Crippen LogP contribution in [0.3, 0.4) is 0 Å². The monoisotopic (exact) mass is 378 g/mol. The van der Waals surface area contributed by atoms with Crippen molar-refractivity contribution in [1.29, 1.82) is 0 Å². The fourth-order valence-electron chi connectivity index (χ4n) is 2.09. The summed E-state index contributed by atoms with van der Waals surface area (Å²) < 4.78 is 13.3. The number of aromatic nitrogens is 2. The van der Waals surface area contributed by atoms with E-state index in [1.807, 2.05) is 45.2 Å². The molecule has 0 amide bonds. The molecule has 23 heavy (non-hydrogen) atoms. The first-order valence-corrected chi connectivity index (χ1v) is 8.00. The highest BCUT2D eigenvalue weighted by Crippen LogP contribution is 2.17. The number of hydrogen-bond donors (Lipinski definition) is 0. The van der Waals surface area contributed by atoms with E-state index in [1.54, 1.807) is 10.8 Å². The molecule has 2 aromatic rings. The zero-order chi connectivity index (χ0) is 16.8. The molecule has 5 nitrogen and oxygen atoms in total. The Morgan fingerprint density at radius 3 is 2.78 bits per heavy atom. The van der Waals surface area contributed by atoms with E-state index < -0.39 is 5.97 Å². The molecule has 0 aliphatic carbocycles. The molecule has 0 spiro atoms. The van der Waals surface area contributed by atoms with Crippen LogP contribution in [0.25, 0.3) is 6.08 Å². The van der Waals surface area contributed by atoms with Crippen LogP contribution in [0.2, 0.25) is 0 Å². The molecule has 6 heteroatoms. The van der Waals surface area contributed by atoms with Gasteiger partial charge in [-0.05, 0) is 38.1 Å². The van der Waals surface area contributed by atoms with E-state index >= 15 is 0 Å². The number of aryl methyl sites for hydroxylation is 2. The number of halogens is 1. The lowest BCUT2D eigenvalue weighted by Crippen LogP contribution is -2.10. The summed E-state index contributed by atoms with van der Waals surface area (Å²) >= 11 is 3.37. The zero-order valence-electron chi connectivity index (χ0n) is 13.4. The normalized spacial score (nSPS) is 11.0. The molecule has 0 N–H and O–H groups in total. The molecule has 0 fully saturated rings. The van der Waals surface area contributed by atoms with Crippen molar-refractivity contribution in [2.45, 2.75) is 13.8 Å². The first kappa shape index (κ1) is 17.3. The second-order valence-corrected chi connectivity index (χ2v) is 5.93. The maximum Gasteiger partial charge on any atom is 0.330 e. The van der Waals surface area contributed by atoms with Crippen molar-refractivity contribution in [3.63, 3.8) is 0 Å². The van der Waals surface area contributed by atoms with Gasteiger partial charge in [0, 0.05) is 28.9 Å².